The maximum Gasteiger partial charge on any atom is 0.323 e. The van der Waals surface area contributed by atoms with Crippen LogP contribution >= 0.6 is 11.8 Å². The molecule has 0 atom stereocenters. The molecule has 0 aliphatic heterocycles. The van der Waals surface area contributed by atoms with Crippen molar-refractivity contribution in [2.24, 2.45) is 0 Å². The van der Waals surface area contributed by atoms with Gasteiger partial charge in [-0.2, -0.15) is 11.8 Å². The van der Waals surface area contributed by atoms with Crippen LogP contribution in [0.25, 0.3) is 0 Å². The molecule has 96 valence electrons. The molecule has 2 rings (SSSR count). The Hall–Kier alpha value is -1.62. The maximum absolute atomic E-state index is 10.8. The molecule has 5 heteroatoms. The van der Waals surface area contributed by atoms with Gasteiger partial charge in [0.15, 0.2) is 0 Å². The number of hydrogen-bond donors (Lipinski definition) is 2. The summed E-state index contributed by atoms with van der Waals surface area (Å²) in [5.74, 6) is 2.75. The second-order valence-electron chi connectivity index (χ2n) is 3.84. The molecule has 1 aromatic carbocycles. The van der Waals surface area contributed by atoms with Gasteiger partial charge in [0, 0.05) is 17.6 Å². The molecule has 0 amide bonds. The van der Waals surface area contributed by atoms with E-state index in [0.29, 0.717) is 0 Å². The average molecular weight is 264 g/mol. The Kier molecular flexibility index (Phi) is 4.96. The van der Waals surface area contributed by atoms with Crippen molar-refractivity contribution < 1.29 is 4.74 Å². The van der Waals surface area contributed by atoms with E-state index in [1.165, 1.54) is 0 Å². The number of thioether (sulfide) groups is 1. The smallest absolute Gasteiger partial charge is 0.323 e. The maximum atomic E-state index is 10.8. The summed E-state index contributed by atoms with van der Waals surface area (Å²) in [6.45, 7) is 0.723. The van der Waals surface area contributed by atoms with Gasteiger partial charge >= 0.3 is 5.69 Å². The minimum Gasteiger partial charge on any atom is -0.494 e. The highest BCUT2D eigenvalue weighted by atomic mass is 32.2. The number of ether oxygens (including phenoxy) is 1. The summed E-state index contributed by atoms with van der Waals surface area (Å²) in [6.07, 6.45) is 2.71. The van der Waals surface area contributed by atoms with Crippen LogP contribution in [-0.2, 0) is 5.75 Å². The SMILES string of the molecule is O=c1[nH]cc(CSCCCOc2ccccc2)[nH]1. The molecule has 0 radical (unpaired) electrons. The Labute approximate surface area is 110 Å². The highest BCUT2D eigenvalue weighted by molar-refractivity contribution is 7.98. The lowest BCUT2D eigenvalue weighted by Crippen LogP contribution is -2.01. The third-order valence-corrected chi connectivity index (χ3v) is 3.45. The van der Waals surface area contributed by atoms with Gasteiger partial charge in [0.25, 0.3) is 0 Å². The zero-order chi connectivity index (χ0) is 12.6. The highest BCUT2D eigenvalue weighted by Crippen LogP contribution is 2.11. The summed E-state index contributed by atoms with van der Waals surface area (Å²) in [5.41, 5.74) is 0.798. The summed E-state index contributed by atoms with van der Waals surface area (Å²) >= 11 is 1.78. The van der Waals surface area contributed by atoms with Crippen LogP contribution in [0.2, 0.25) is 0 Å². The molecule has 1 aromatic heterocycles. The summed E-state index contributed by atoms with van der Waals surface area (Å²) in [4.78, 5) is 16.2. The number of hydrogen-bond acceptors (Lipinski definition) is 3. The summed E-state index contributed by atoms with van der Waals surface area (Å²) in [6, 6.07) is 9.81. The standard InChI is InChI=1S/C13H16N2O2S/c16-13-14-9-11(15-13)10-18-8-4-7-17-12-5-2-1-3-6-12/h1-3,5-6,9H,4,7-8,10H2,(H2,14,15,16). The minimum absolute atomic E-state index is 0.141. The third kappa shape index (κ3) is 4.33. The van der Waals surface area contributed by atoms with Crippen molar-refractivity contribution in [3.05, 3.63) is 52.7 Å². The first-order valence-electron chi connectivity index (χ1n) is 5.87. The minimum atomic E-state index is -0.141. The Bertz CT molecular complexity index is 507. The molecule has 0 saturated carbocycles. The van der Waals surface area contributed by atoms with Crippen molar-refractivity contribution in [3.63, 3.8) is 0 Å². The van der Waals surface area contributed by atoms with Crippen molar-refractivity contribution in [1.29, 1.82) is 0 Å². The molecule has 0 aliphatic rings. The number of benzene rings is 1. The highest BCUT2D eigenvalue weighted by Gasteiger charge is 1.97. The van der Waals surface area contributed by atoms with Crippen LogP contribution in [0.1, 0.15) is 12.1 Å². The zero-order valence-corrected chi connectivity index (χ0v) is 10.8. The first-order chi connectivity index (χ1) is 8.84. The molecule has 1 heterocycles. The van der Waals surface area contributed by atoms with Crippen molar-refractivity contribution in [2.75, 3.05) is 12.4 Å². The van der Waals surface area contributed by atoms with Crippen LogP contribution in [0.4, 0.5) is 0 Å². The molecule has 0 bridgehead atoms. The summed E-state index contributed by atoms with van der Waals surface area (Å²) in [7, 11) is 0. The monoisotopic (exact) mass is 264 g/mol. The molecular weight excluding hydrogens is 248 g/mol. The van der Waals surface area contributed by atoms with Crippen LogP contribution < -0.4 is 10.4 Å². The number of imidazole rings is 1. The van der Waals surface area contributed by atoms with Gasteiger partial charge < -0.3 is 14.7 Å². The average Bonchev–Trinajstić information content (AvgIpc) is 2.81. The van der Waals surface area contributed by atoms with E-state index >= 15 is 0 Å². The fourth-order valence-corrected chi connectivity index (χ4v) is 2.34. The van der Waals surface area contributed by atoms with Gasteiger partial charge in [-0.05, 0) is 24.3 Å². The first-order valence-corrected chi connectivity index (χ1v) is 7.02. The predicted octanol–water partition coefficient (Wildman–Crippen LogP) is 2.41. The third-order valence-electron chi connectivity index (χ3n) is 2.35. The van der Waals surface area contributed by atoms with E-state index in [1.807, 2.05) is 30.3 Å². The number of rotatable bonds is 7. The Morgan fingerprint density at radius 3 is 2.78 bits per heavy atom. The van der Waals surface area contributed by atoms with Gasteiger partial charge in [0.2, 0.25) is 0 Å². The van der Waals surface area contributed by atoms with Gasteiger partial charge in [-0.25, -0.2) is 4.79 Å². The van der Waals surface area contributed by atoms with E-state index in [-0.39, 0.29) is 5.69 Å². The lowest BCUT2D eigenvalue weighted by molar-refractivity contribution is 0.318. The van der Waals surface area contributed by atoms with Crippen molar-refractivity contribution in [3.8, 4) is 5.75 Å². The van der Waals surface area contributed by atoms with E-state index in [1.54, 1.807) is 18.0 Å². The van der Waals surface area contributed by atoms with Gasteiger partial charge in [-0.3, -0.25) is 0 Å². The van der Waals surface area contributed by atoms with Crippen molar-refractivity contribution in [2.45, 2.75) is 12.2 Å². The summed E-state index contributed by atoms with van der Waals surface area (Å²) < 4.78 is 5.59. The Balaban J connectivity index is 1.55. The molecule has 2 N–H and O–H groups in total. The molecule has 4 nitrogen and oxygen atoms in total. The number of para-hydroxylation sites is 1. The van der Waals surface area contributed by atoms with Gasteiger partial charge in [0.05, 0.1) is 6.61 Å². The molecule has 2 aromatic rings. The molecular formula is C13H16N2O2S. The topological polar surface area (TPSA) is 57.9 Å². The molecule has 0 aliphatic carbocycles. The van der Waals surface area contributed by atoms with Crippen LogP contribution in [0.3, 0.4) is 0 Å². The normalized spacial score (nSPS) is 10.4. The molecule has 18 heavy (non-hydrogen) atoms. The van der Waals surface area contributed by atoms with Crippen LogP contribution in [0, 0.1) is 0 Å². The van der Waals surface area contributed by atoms with Gasteiger partial charge in [0.1, 0.15) is 5.75 Å². The molecule has 0 spiro atoms. The lowest BCUT2D eigenvalue weighted by atomic mass is 10.3. The quantitative estimate of drug-likeness (QED) is 0.755. The Morgan fingerprint density at radius 1 is 1.22 bits per heavy atom. The second-order valence-corrected chi connectivity index (χ2v) is 4.94. The van der Waals surface area contributed by atoms with Crippen molar-refractivity contribution >= 4 is 11.8 Å². The lowest BCUT2D eigenvalue weighted by Gasteiger charge is -2.05. The second kappa shape index (κ2) is 6.96. The fraction of sp³-hybridized carbons (Fsp3) is 0.308. The summed E-state index contributed by atoms with van der Waals surface area (Å²) in [5, 5.41) is 0. The Morgan fingerprint density at radius 2 is 2.06 bits per heavy atom. The van der Waals surface area contributed by atoms with E-state index < -0.39 is 0 Å². The van der Waals surface area contributed by atoms with Gasteiger partial charge in [-0.15, -0.1) is 0 Å². The van der Waals surface area contributed by atoms with Crippen LogP contribution in [-0.4, -0.2) is 22.3 Å². The fourth-order valence-electron chi connectivity index (χ4n) is 1.50. The van der Waals surface area contributed by atoms with Gasteiger partial charge in [-0.1, -0.05) is 18.2 Å². The number of aromatic amines is 2. The van der Waals surface area contributed by atoms with E-state index in [2.05, 4.69) is 9.97 Å². The number of aromatic nitrogens is 2. The van der Waals surface area contributed by atoms with E-state index in [4.69, 9.17) is 4.74 Å². The van der Waals surface area contributed by atoms with Crippen LogP contribution in [0.15, 0.2) is 41.3 Å². The number of nitrogens with one attached hydrogen (secondary N) is 2. The molecule has 0 unspecified atom stereocenters. The predicted molar refractivity (Wildman–Crippen MR) is 74.1 cm³/mol. The van der Waals surface area contributed by atoms with E-state index in [0.717, 1.165) is 36.0 Å². The largest absolute Gasteiger partial charge is 0.494 e. The van der Waals surface area contributed by atoms with Crippen molar-refractivity contribution in [1.82, 2.24) is 9.97 Å². The first kappa shape index (κ1) is 12.8. The zero-order valence-electron chi connectivity index (χ0n) is 10.0. The number of H-pyrrole nitrogens is 2. The van der Waals surface area contributed by atoms with Crippen LogP contribution in [0.5, 0.6) is 5.75 Å². The molecule has 0 fully saturated rings. The van der Waals surface area contributed by atoms with E-state index in [9.17, 15) is 4.79 Å². The molecule has 0 saturated heterocycles.